The number of nitrogens with one attached hydrogen (secondary N) is 1. The molecule has 0 spiro atoms. The molecule has 18 heavy (non-hydrogen) atoms. The third kappa shape index (κ3) is 3.82. The lowest BCUT2D eigenvalue weighted by Crippen LogP contribution is -2.52. The summed E-state index contributed by atoms with van der Waals surface area (Å²) in [5.74, 6) is 0.293. The summed E-state index contributed by atoms with van der Waals surface area (Å²) in [6, 6.07) is 4.12. The molecule has 3 N–H and O–H groups in total. The van der Waals surface area contributed by atoms with Gasteiger partial charge >= 0.3 is 0 Å². The van der Waals surface area contributed by atoms with Gasteiger partial charge in [0.25, 0.3) is 0 Å². The van der Waals surface area contributed by atoms with E-state index in [-0.39, 0.29) is 11.9 Å². The Morgan fingerprint density at radius 3 is 2.67 bits per heavy atom. The molecule has 0 aliphatic carbocycles. The summed E-state index contributed by atoms with van der Waals surface area (Å²) in [6.07, 6.45) is 1.61. The molecule has 1 aromatic rings. The van der Waals surface area contributed by atoms with E-state index in [2.05, 4.69) is 25.2 Å². The predicted octanol–water partition coefficient (Wildman–Crippen LogP) is 3.08. The van der Waals surface area contributed by atoms with Gasteiger partial charge in [-0.2, -0.15) is 0 Å². The molecule has 2 unspecified atom stereocenters. The lowest BCUT2D eigenvalue weighted by molar-refractivity contribution is -0.127. The molecule has 0 bridgehead atoms. The third-order valence-electron chi connectivity index (χ3n) is 3.09. The normalized spacial score (nSPS) is 16.3. The first-order valence-corrected chi connectivity index (χ1v) is 7.39. The molecule has 0 fully saturated rings. The highest BCUT2D eigenvalue weighted by atomic mass is 32.1. The van der Waals surface area contributed by atoms with Crippen LogP contribution in [-0.4, -0.2) is 11.4 Å². The number of nitrogens with two attached hydrogens (primary N) is 1. The second kappa shape index (κ2) is 6.34. The molecule has 1 amide bonds. The maximum Gasteiger partial charge on any atom is 0.240 e. The highest BCUT2D eigenvalue weighted by Gasteiger charge is 2.30. The van der Waals surface area contributed by atoms with Crippen LogP contribution in [0.25, 0.3) is 0 Å². The van der Waals surface area contributed by atoms with Gasteiger partial charge in [-0.05, 0) is 30.7 Å². The van der Waals surface area contributed by atoms with Crippen LogP contribution < -0.4 is 11.1 Å². The number of carbonyl (C=O) groups excluding carboxylic acids is 1. The number of thiophene rings is 1. The Morgan fingerprint density at radius 2 is 2.22 bits per heavy atom. The summed E-state index contributed by atoms with van der Waals surface area (Å²) in [5.41, 5.74) is 5.29. The lowest BCUT2D eigenvalue weighted by Gasteiger charge is -2.28. The summed E-state index contributed by atoms with van der Waals surface area (Å²) >= 11 is 1.67. The second-order valence-corrected chi connectivity index (χ2v) is 6.36. The van der Waals surface area contributed by atoms with Gasteiger partial charge in [-0.3, -0.25) is 4.79 Å². The average Bonchev–Trinajstić information content (AvgIpc) is 2.77. The summed E-state index contributed by atoms with van der Waals surface area (Å²) in [6.45, 7) is 8.06. The Morgan fingerprint density at radius 1 is 1.56 bits per heavy atom. The third-order valence-corrected chi connectivity index (χ3v) is 4.05. The Kier molecular flexibility index (Phi) is 5.35. The smallest absolute Gasteiger partial charge is 0.240 e. The van der Waals surface area contributed by atoms with Gasteiger partial charge in [0.05, 0.1) is 11.6 Å². The summed E-state index contributed by atoms with van der Waals surface area (Å²) in [7, 11) is 0. The zero-order valence-corrected chi connectivity index (χ0v) is 12.5. The van der Waals surface area contributed by atoms with Crippen molar-refractivity contribution in [1.29, 1.82) is 0 Å². The molecule has 0 saturated carbocycles. The van der Waals surface area contributed by atoms with Crippen LogP contribution >= 0.6 is 11.3 Å². The molecule has 0 aromatic carbocycles. The fourth-order valence-corrected chi connectivity index (χ4v) is 2.92. The molecule has 2 atom stereocenters. The molecule has 102 valence electrons. The van der Waals surface area contributed by atoms with Crippen molar-refractivity contribution in [3.63, 3.8) is 0 Å². The van der Waals surface area contributed by atoms with Crippen molar-refractivity contribution >= 4 is 17.2 Å². The molecule has 0 aliphatic heterocycles. The maximum absolute atomic E-state index is 12.2. The van der Waals surface area contributed by atoms with Crippen molar-refractivity contribution < 1.29 is 4.79 Å². The summed E-state index contributed by atoms with van der Waals surface area (Å²) in [4.78, 5) is 13.4. The average molecular weight is 268 g/mol. The van der Waals surface area contributed by atoms with E-state index in [4.69, 9.17) is 5.73 Å². The van der Waals surface area contributed by atoms with Gasteiger partial charge < -0.3 is 11.1 Å². The Labute approximate surface area is 114 Å². The van der Waals surface area contributed by atoms with Gasteiger partial charge in [-0.1, -0.05) is 33.3 Å². The van der Waals surface area contributed by atoms with E-state index in [0.717, 1.165) is 6.42 Å². The van der Waals surface area contributed by atoms with Crippen LogP contribution in [0.1, 0.15) is 51.5 Å². The van der Waals surface area contributed by atoms with Crippen molar-refractivity contribution in [3.8, 4) is 0 Å². The van der Waals surface area contributed by atoms with Gasteiger partial charge in [0.15, 0.2) is 0 Å². The molecular formula is C14H24N2OS. The lowest BCUT2D eigenvalue weighted by atomic mass is 9.94. The fraction of sp³-hybridized carbons (Fsp3) is 0.643. The van der Waals surface area contributed by atoms with Gasteiger partial charge in [0.2, 0.25) is 5.91 Å². The zero-order valence-electron chi connectivity index (χ0n) is 11.7. The number of amides is 1. The molecule has 0 saturated heterocycles. The molecule has 1 heterocycles. The van der Waals surface area contributed by atoms with Crippen molar-refractivity contribution in [2.75, 3.05) is 0 Å². The summed E-state index contributed by atoms with van der Waals surface area (Å²) in [5, 5.41) is 5.12. The first kappa shape index (κ1) is 15.2. The minimum Gasteiger partial charge on any atom is -0.347 e. The van der Waals surface area contributed by atoms with Crippen LogP contribution in [0.5, 0.6) is 0 Å². The number of hydrogen-bond acceptors (Lipinski definition) is 3. The van der Waals surface area contributed by atoms with E-state index in [1.54, 1.807) is 18.3 Å². The Hall–Kier alpha value is -0.870. The Balaban J connectivity index is 2.77. The standard InChI is InChI=1S/C14H24N2OS/c1-5-8-14(4,15)13(17)16-12(10(2)3)11-7-6-9-18-11/h6-7,9-10,12H,5,8,15H2,1-4H3,(H,16,17). The van der Waals surface area contributed by atoms with Crippen molar-refractivity contribution in [2.45, 2.75) is 52.1 Å². The van der Waals surface area contributed by atoms with Crippen molar-refractivity contribution in [3.05, 3.63) is 22.4 Å². The number of rotatable bonds is 6. The fourth-order valence-electron chi connectivity index (χ4n) is 1.97. The number of carbonyl (C=O) groups is 1. The first-order chi connectivity index (χ1) is 8.38. The van der Waals surface area contributed by atoms with Gasteiger partial charge in [-0.25, -0.2) is 0 Å². The Bertz CT molecular complexity index is 371. The van der Waals surface area contributed by atoms with Crippen molar-refractivity contribution in [1.82, 2.24) is 5.32 Å². The second-order valence-electron chi connectivity index (χ2n) is 5.38. The largest absolute Gasteiger partial charge is 0.347 e. The topological polar surface area (TPSA) is 55.1 Å². The van der Waals surface area contributed by atoms with E-state index in [1.807, 2.05) is 18.4 Å². The molecule has 3 nitrogen and oxygen atoms in total. The quantitative estimate of drug-likeness (QED) is 0.833. The van der Waals surface area contributed by atoms with E-state index in [1.165, 1.54) is 4.88 Å². The zero-order chi connectivity index (χ0) is 13.8. The molecule has 1 aromatic heterocycles. The van der Waals surface area contributed by atoms with Crippen LogP contribution in [0.3, 0.4) is 0 Å². The monoisotopic (exact) mass is 268 g/mol. The highest BCUT2D eigenvalue weighted by Crippen LogP contribution is 2.26. The van der Waals surface area contributed by atoms with E-state index < -0.39 is 5.54 Å². The van der Waals surface area contributed by atoms with Gasteiger partial charge in [-0.15, -0.1) is 11.3 Å². The highest BCUT2D eigenvalue weighted by molar-refractivity contribution is 7.10. The van der Waals surface area contributed by atoms with Gasteiger partial charge in [0, 0.05) is 4.88 Å². The minimum atomic E-state index is -0.779. The van der Waals surface area contributed by atoms with E-state index in [0.29, 0.717) is 12.3 Å². The number of hydrogen-bond donors (Lipinski definition) is 2. The van der Waals surface area contributed by atoms with Crippen LogP contribution in [0.2, 0.25) is 0 Å². The van der Waals surface area contributed by atoms with Crippen LogP contribution in [0.4, 0.5) is 0 Å². The van der Waals surface area contributed by atoms with E-state index in [9.17, 15) is 4.79 Å². The molecule has 0 aliphatic rings. The molecule has 0 radical (unpaired) electrons. The first-order valence-electron chi connectivity index (χ1n) is 6.51. The van der Waals surface area contributed by atoms with Crippen LogP contribution in [-0.2, 0) is 4.79 Å². The summed E-state index contributed by atoms with van der Waals surface area (Å²) < 4.78 is 0. The van der Waals surface area contributed by atoms with E-state index >= 15 is 0 Å². The van der Waals surface area contributed by atoms with Crippen LogP contribution in [0, 0.1) is 5.92 Å². The predicted molar refractivity (Wildman–Crippen MR) is 77.5 cm³/mol. The molecular weight excluding hydrogens is 244 g/mol. The molecule has 1 rings (SSSR count). The minimum absolute atomic E-state index is 0.0530. The van der Waals surface area contributed by atoms with Crippen LogP contribution in [0.15, 0.2) is 17.5 Å². The molecule has 4 heteroatoms. The van der Waals surface area contributed by atoms with Gasteiger partial charge in [0.1, 0.15) is 0 Å². The maximum atomic E-state index is 12.2. The van der Waals surface area contributed by atoms with Crippen molar-refractivity contribution in [2.24, 2.45) is 11.7 Å². The SMILES string of the molecule is CCCC(C)(N)C(=O)NC(c1cccs1)C(C)C.